The normalized spacial score (nSPS) is 18.1. The Morgan fingerprint density at radius 1 is 1.25 bits per heavy atom. The van der Waals surface area contributed by atoms with Gasteiger partial charge in [-0.3, -0.25) is 0 Å². The average Bonchev–Trinajstić information content (AvgIpc) is 2.32. The Morgan fingerprint density at radius 3 is 2.17 bits per heavy atom. The van der Waals surface area contributed by atoms with Crippen molar-refractivity contribution in [3.8, 4) is 0 Å². The van der Waals surface area contributed by atoms with E-state index in [0.29, 0.717) is 0 Å². The molecule has 12 heavy (non-hydrogen) atoms. The number of hydrogen-bond acceptors (Lipinski definition) is 2. The second kappa shape index (κ2) is 3.38. The molecular formula is C10H19NO. The Kier molecular flexibility index (Phi) is 2.65. The zero-order valence-corrected chi connectivity index (χ0v) is 8.39. The molecule has 1 rings (SSSR count). The quantitative estimate of drug-likeness (QED) is 0.588. The summed E-state index contributed by atoms with van der Waals surface area (Å²) in [7, 11) is 0. The summed E-state index contributed by atoms with van der Waals surface area (Å²) in [4.78, 5) is 2.21. The molecule has 0 amide bonds. The van der Waals surface area contributed by atoms with Crippen LogP contribution in [0.3, 0.4) is 0 Å². The summed E-state index contributed by atoms with van der Waals surface area (Å²) >= 11 is 0. The van der Waals surface area contributed by atoms with Crippen molar-refractivity contribution in [3.63, 3.8) is 0 Å². The first-order valence-corrected chi connectivity index (χ1v) is 4.62. The molecule has 1 aliphatic heterocycles. The molecule has 1 fully saturated rings. The Hall–Kier alpha value is -0.660. The van der Waals surface area contributed by atoms with Gasteiger partial charge >= 0.3 is 0 Å². The molecule has 0 aliphatic carbocycles. The summed E-state index contributed by atoms with van der Waals surface area (Å²) in [5.41, 5.74) is -0.111. The first-order valence-electron chi connectivity index (χ1n) is 4.62. The molecule has 0 saturated carbocycles. The van der Waals surface area contributed by atoms with Crippen molar-refractivity contribution in [1.29, 1.82) is 0 Å². The summed E-state index contributed by atoms with van der Waals surface area (Å²) in [6, 6.07) is 0. The number of hydrogen-bond donors (Lipinski definition) is 0. The lowest BCUT2D eigenvalue weighted by atomic mass is 10.2. The van der Waals surface area contributed by atoms with Gasteiger partial charge in [0.2, 0.25) is 0 Å². The fourth-order valence-electron chi connectivity index (χ4n) is 1.38. The first-order chi connectivity index (χ1) is 5.49. The molecular weight excluding hydrogens is 150 g/mol. The van der Waals surface area contributed by atoms with Crippen molar-refractivity contribution in [3.05, 3.63) is 12.5 Å². The molecule has 1 heterocycles. The highest BCUT2D eigenvalue weighted by Crippen LogP contribution is 2.19. The minimum absolute atomic E-state index is 0.111. The van der Waals surface area contributed by atoms with E-state index in [4.69, 9.17) is 4.74 Å². The van der Waals surface area contributed by atoms with E-state index in [2.05, 4.69) is 11.5 Å². The monoisotopic (exact) mass is 169 g/mol. The number of likely N-dealkylation sites (tertiary alicyclic amines) is 1. The second-order valence-corrected chi connectivity index (χ2v) is 4.30. The molecule has 2 heteroatoms. The topological polar surface area (TPSA) is 12.5 Å². The predicted octanol–water partition coefficient (Wildman–Crippen LogP) is 2.37. The summed E-state index contributed by atoms with van der Waals surface area (Å²) in [6.45, 7) is 12.3. The lowest BCUT2D eigenvalue weighted by Gasteiger charge is -2.28. The molecule has 0 spiro atoms. The highest BCUT2D eigenvalue weighted by molar-refractivity contribution is 4.88. The Bertz CT molecular complexity index is 163. The van der Waals surface area contributed by atoms with Crippen molar-refractivity contribution in [2.75, 3.05) is 13.1 Å². The zero-order valence-electron chi connectivity index (χ0n) is 8.39. The molecule has 0 aromatic carbocycles. The summed E-state index contributed by atoms with van der Waals surface area (Å²) < 4.78 is 5.65. The van der Waals surface area contributed by atoms with Crippen LogP contribution in [0.5, 0.6) is 0 Å². The van der Waals surface area contributed by atoms with Gasteiger partial charge in [0.1, 0.15) is 5.60 Å². The van der Waals surface area contributed by atoms with Crippen LogP contribution in [0.2, 0.25) is 0 Å². The third-order valence-electron chi connectivity index (χ3n) is 1.88. The van der Waals surface area contributed by atoms with E-state index in [-0.39, 0.29) is 5.60 Å². The maximum Gasteiger partial charge on any atom is 0.182 e. The molecule has 0 aromatic rings. The lowest BCUT2D eigenvalue weighted by molar-refractivity contribution is 0.00894. The van der Waals surface area contributed by atoms with Gasteiger partial charge in [0.05, 0.1) is 0 Å². The third-order valence-corrected chi connectivity index (χ3v) is 1.88. The van der Waals surface area contributed by atoms with Gasteiger partial charge < -0.3 is 9.64 Å². The van der Waals surface area contributed by atoms with E-state index >= 15 is 0 Å². The van der Waals surface area contributed by atoms with Crippen LogP contribution in [0.1, 0.15) is 33.6 Å². The van der Waals surface area contributed by atoms with Gasteiger partial charge in [-0.25, -0.2) is 0 Å². The Morgan fingerprint density at radius 2 is 1.75 bits per heavy atom. The summed E-state index contributed by atoms with van der Waals surface area (Å²) in [5, 5.41) is 0. The predicted molar refractivity (Wildman–Crippen MR) is 50.8 cm³/mol. The molecule has 1 aliphatic rings. The van der Waals surface area contributed by atoms with Gasteiger partial charge in [-0.1, -0.05) is 0 Å². The summed E-state index contributed by atoms with van der Waals surface area (Å²) in [5.74, 6) is 0.833. The van der Waals surface area contributed by atoms with Crippen LogP contribution >= 0.6 is 0 Å². The molecule has 0 bridgehead atoms. The molecule has 0 aromatic heterocycles. The first kappa shape index (κ1) is 9.43. The number of rotatable bonds is 2. The fourth-order valence-corrected chi connectivity index (χ4v) is 1.38. The van der Waals surface area contributed by atoms with Crippen LogP contribution in [-0.2, 0) is 4.74 Å². The highest BCUT2D eigenvalue weighted by atomic mass is 16.5. The van der Waals surface area contributed by atoms with Crippen molar-refractivity contribution in [1.82, 2.24) is 4.90 Å². The van der Waals surface area contributed by atoms with Crippen molar-refractivity contribution in [2.45, 2.75) is 39.2 Å². The molecule has 1 saturated heterocycles. The molecule has 2 nitrogen and oxygen atoms in total. The minimum Gasteiger partial charge on any atom is -0.474 e. The van der Waals surface area contributed by atoms with Gasteiger partial charge in [-0.15, -0.1) is 0 Å². The van der Waals surface area contributed by atoms with Crippen LogP contribution < -0.4 is 0 Å². The van der Waals surface area contributed by atoms with Crippen LogP contribution in [0, 0.1) is 0 Å². The van der Waals surface area contributed by atoms with E-state index in [9.17, 15) is 0 Å². The Labute approximate surface area is 75.2 Å². The SMILES string of the molecule is C=C(OC(C)(C)C)N1CCCC1. The standard InChI is InChI=1S/C10H19NO/c1-9(12-10(2,3)4)11-7-5-6-8-11/h1,5-8H2,2-4H3. The van der Waals surface area contributed by atoms with Gasteiger partial charge in [-0.2, -0.15) is 0 Å². The molecule has 0 atom stereocenters. The molecule has 70 valence electrons. The maximum atomic E-state index is 5.65. The van der Waals surface area contributed by atoms with Gasteiger partial charge in [0.15, 0.2) is 5.88 Å². The number of nitrogens with zero attached hydrogens (tertiary/aromatic N) is 1. The van der Waals surface area contributed by atoms with E-state index in [0.717, 1.165) is 19.0 Å². The third kappa shape index (κ3) is 2.76. The Balaban J connectivity index is 2.37. The summed E-state index contributed by atoms with van der Waals surface area (Å²) in [6.07, 6.45) is 2.54. The van der Waals surface area contributed by atoms with Gasteiger partial charge in [0.25, 0.3) is 0 Å². The minimum atomic E-state index is -0.111. The smallest absolute Gasteiger partial charge is 0.182 e. The van der Waals surface area contributed by atoms with Crippen molar-refractivity contribution < 1.29 is 4.74 Å². The average molecular weight is 169 g/mol. The van der Waals surface area contributed by atoms with Gasteiger partial charge in [-0.05, 0) is 40.2 Å². The molecule has 0 N–H and O–H groups in total. The lowest BCUT2D eigenvalue weighted by Crippen LogP contribution is -2.27. The zero-order chi connectivity index (χ0) is 9.19. The van der Waals surface area contributed by atoms with Gasteiger partial charge in [0, 0.05) is 13.1 Å². The van der Waals surface area contributed by atoms with E-state index in [1.54, 1.807) is 0 Å². The van der Waals surface area contributed by atoms with Crippen molar-refractivity contribution in [2.24, 2.45) is 0 Å². The van der Waals surface area contributed by atoms with Crippen LogP contribution in [0.15, 0.2) is 12.5 Å². The molecule has 0 unspecified atom stereocenters. The van der Waals surface area contributed by atoms with E-state index < -0.39 is 0 Å². The van der Waals surface area contributed by atoms with Crippen LogP contribution in [0.4, 0.5) is 0 Å². The highest BCUT2D eigenvalue weighted by Gasteiger charge is 2.19. The van der Waals surface area contributed by atoms with Crippen LogP contribution in [0.25, 0.3) is 0 Å². The van der Waals surface area contributed by atoms with E-state index in [1.807, 2.05) is 20.8 Å². The van der Waals surface area contributed by atoms with Crippen molar-refractivity contribution >= 4 is 0 Å². The second-order valence-electron chi connectivity index (χ2n) is 4.30. The fraction of sp³-hybridized carbons (Fsp3) is 0.800. The van der Waals surface area contributed by atoms with E-state index in [1.165, 1.54) is 12.8 Å². The molecule has 0 radical (unpaired) electrons. The number of ether oxygens (including phenoxy) is 1. The largest absolute Gasteiger partial charge is 0.474 e. The van der Waals surface area contributed by atoms with Crippen LogP contribution in [-0.4, -0.2) is 23.6 Å². The maximum absolute atomic E-state index is 5.65.